The summed E-state index contributed by atoms with van der Waals surface area (Å²) in [6, 6.07) is 14.7. The Morgan fingerprint density at radius 2 is 2.03 bits per heavy atom. The molecular formula is C23H23N5O3. The largest absolute Gasteiger partial charge is 0.497 e. The van der Waals surface area contributed by atoms with Crippen molar-refractivity contribution >= 4 is 28.5 Å². The number of methoxy groups -OCH3 is 1. The van der Waals surface area contributed by atoms with Crippen molar-refractivity contribution in [2.24, 2.45) is 5.92 Å². The molecule has 4 rings (SSSR count). The summed E-state index contributed by atoms with van der Waals surface area (Å²) in [6.07, 6.45) is 2.82. The van der Waals surface area contributed by atoms with Gasteiger partial charge in [0.2, 0.25) is 0 Å². The minimum absolute atomic E-state index is 0.208. The zero-order valence-corrected chi connectivity index (χ0v) is 17.6. The molecule has 4 aromatic rings. The minimum atomic E-state index is -0.508. The third kappa shape index (κ3) is 4.48. The molecule has 2 aromatic carbocycles. The number of nitrogens with zero attached hydrogens (tertiary/aromatic N) is 4. The Labute approximate surface area is 179 Å². The van der Waals surface area contributed by atoms with Gasteiger partial charge in [-0.3, -0.25) is 5.10 Å². The fourth-order valence-corrected chi connectivity index (χ4v) is 3.08. The second-order valence-electron chi connectivity index (χ2n) is 7.42. The summed E-state index contributed by atoms with van der Waals surface area (Å²) >= 11 is 0. The molecule has 0 atom stereocenters. The van der Waals surface area contributed by atoms with Gasteiger partial charge in [0.05, 0.1) is 31.1 Å². The first kappa shape index (κ1) is 20.3. The number of benzene rings is 2. The van der Waals surface area contributed by atoms with Crippen LogP contribution in [0.4, 0.5) is 16.3 Å². The third-order valence-electron chi connectivity index (χ3n) is 4.60. The Morgan fingerprint density at radius 1 is 1.16 bits per heavy atom. The number of hydrogen-bond donors (Lipinski definition) is 1. The molecule has 8 nitrogen and oxygen atoms in total. The standard InChI is InChI=1S/C23H23N5O3/c1-15(2)14-31-23(29)28(18-7-8-20-17(11-18)13-25-27-20)21-9-10-24-22(26-21)16-5-4-6-19(12-16)30-3/h4-13,15H,14H2,1-3H3,(H,25,27). The maximum absolute atomic E-state index is 13.1. The number of hydrogen-bond acceptors (Lipinski definition) is 6. The van der Waals surface area contributed by atoms with Crippen molar-refractivity contribution in [3.63, 3.8) is 0 Å². The second kappa shape index (κ2) is 8.83. The van der Waals surface area contributed by atoms with Crippen molar-refractivity contribution in [2.45, 2.75) is 13.8 Å². The molecule has 0 fully saturated rings. The maximum Gasteiger partial charge on any atom is 0.420 e. The zero-order chi connectivity index (χ0) is 21.8. The molecule has 158 valence electrons. The summed E-state index contributed by atoms with van der Waals surface area (Å²) in [5.74, 6) is 1.79. The number of carbonyl (C=O) groups excluding carboxylic acids is 1. The van der Waals surface area contributed by atoms with E-state index in [9.17, 15) is 4.79 Å². The van der Waals surface area contributed by atoms with Gasteiger partial charge in [0.25, 0.3) is 0 Å². The first-order valence-corrected chi connectivity index (χ1v) is 9.92. The van der Waals surface area contributed by atoms with Gasteiger partial charge in [0, 0.05) is 17.1 Å². The topological polar surface area (TPSA) is 93.2 Å². The van der Waals surface area contributed by atoms with E-state index in [0.717, 1.165) is 16.5 Å². The first-order valence-electron chi connectivity index (χ1n) is 9.92. The van der Waals surface area contributed by atoms with E-state index in [0.29, 0.717) is 29.7 Å². The summed E-state index contributed by atoms with van der Waals surface area (Å²) in [4.78, 5) is 23.5. The van der Waals surface area contributed by atoms with Crippen LogP contribution in [0.15, 0.2) is 60.9 Å². The van der Waals surface area contributed by atoms with Crippen molar-refractivity contribution in [3.8, 4) is 17.1 Å². The van der Waals surface area contributed by atoms with E-state index < -0.39 is 6.09 Å². The van der Waals surface area contributed by atoms with Crippen LogP contribution in [0.3, 0.4) is 0 Å². The van der Waals surface area contributed by atoms with Gasteiger partial charge in [-0.1, -0.05) is 26.0 Å². The van der Waals surface area contributed by atoms with Crippen LogP contribution in [0.1, 0.15) is 13.8 Å². The van der Waals surface area contributed by atoms with Crippen LogP contribution in [-0.2, 0) is 4.74 Å². The van der Waals surface area contributed by atoms with E-state index in [4.69, 9.17) is 9.47 Å². The van der Waals surface area contributed by atoms with Gasteiger partial charge in [0.1, 0.15) is 11.6 Å². The van der Waals surface area contributed by atoms with Crippen LogP contribution in [0, 0.1) is 5.92 Å². The lowest BCUT2D eigenvalue weighted by Crippen LogP contribution is -2.29. The Hall–Kier alpha value is -3.94. The average Bonchev–Trinajstić information content (AvgIpc) is 3.26. The smallest absolute Gasteiger partial charge is 0.420 e. The molecule has 8 heteroatoms. The average molecular weight is 417 g/mol. The van der Waals surface area contributed by atoms with Crippen molar-refractivity contribution in [3.05, 3.63) is 60.9 Å². The number of ether oxygens (including phenoxy) is 2. The molecule has 2 heterocycles. The van der Waals surface area contributed by atoms with Gasteiger partial charge < -0.3 is 9.47 Å². The van der Waals surface area contributed by atoms with Crippen LogP contribution >= 0.6 is 0 Å². The van der Waals surface area contributed by atoms with Gasteiger partial charge in [-0.15, -0.1) is 0 Å². The molecule has 0 aliphatic heterocycles. The van der Waals surface area contributed by atoms with Crippen molar-refractivity contribution in [2.75, 3.05) is 18.6 Å². The van der Waals surface area contributed by atoms with E-state index >= 15 is 0 Å². The van der Waals surface area contributed by atoms with Gasteiger partial charge in [-0.25, -0.2) is 19.7 Å². The number of amides is 1. The van der Waals surface area contributed by atoms with Crippen molar-refractivity contribution in [1.82, 2.24) is 20.2 Å². The molecule has 0 unspecified atom stereocenters. The number of aromatic nitrogens is 4. The lowest BCUT2D eigenvalue weighted by atomic mass is 10.2. The molecule has 0 spiro atoms. The summed E-state index contributed by atoms with van der Waals surface area (Å²) in [5, 5.41) is 7.84. The fraction of sp³-hybridized carbons (Fsp3) is 0.217. The number of rotatable bonds is 6. The van der Waals surface area contributed by atoms with Gasteiger partial charge >= 0.3 is 6.09 Å². The van der Waals surface area contributed by atoms with E-state index in [1.807, 2.05) is 56.3 Å². The van der Waals surface area contributed by atoms with Crippen LogP contribution in [0.2, 0.25) is 0 Å². The molecule has 0 aliphatic rings. The monoisotopic (exact) mass is 417 g/mol. The lowest BCUT2D eigenvalue weighted by molar-refractivity contribution is 0.142. The Kier molecular flexibility index (Phi) is 5.79. The van der Waals surface area contributed by atoms with Crippen LogP contribution in [0.25, 0.3) is 22.3 Å². The number of aromatic amines is 1. The molecule has 1 N–H and O–H groups in total. The summed E-state index contributed by atoms with van der Waals surface area (Å²) in [7, 11) is 1.61. The highest BCUT2D eigenvalue weighted by atomic mass is 16.6. The highest BCUT2D eigenvalue weighted by Gasteiger charge is 2.23. The van der Waals surface area contributed by atoms with E-state index in [1.165, 1.54) is 4.90 Å². The fourth-order valence-electron chi connectivity index (χ4n) is 3.08. The number of nitrogens with one attached hydrogen (secondary N) is 1. The Bertz CT molecular complexity index is 1200. The third-order valence-corrected chi connectivity index (χ3v) is 4.60. The van der Waals surface area contributed by atoms with Crippen LogP contribution in [0.5, 0.6) is 5.75 Å². The van der Waals surface area contributed by atoms with Crippen molar-refractivity contribution < 1.29 is 14.3 Å². The number of carbonyl (C=O) groups is 1. The van der Waals surface area contributed by atoms with E-state index in [2.05, 4.69) is 20.2 Å². The Balaban J connectivity index is 1.76. The van der Waals surface area contributed by atoms with Gasteiger partial charge in [-0.2, -0.15) is 5.10 Å². The molecule has 0 aliphatic carbocycles. The highest BCUT2D eigenvalue weighted by Crippen LogP contribution is 2.29. The predicted octanol–water partition coefficient (Wildman–Crippen LogP) is 4.96. The highest BCUT2D eigenvalue weighted by molar-refractivity contribution is 5.97. The lowest BCUT2D eigenvalue weighted by Gasteiger charge is -2.22. The van der Waals surface area contributed by atoms with Crippen molar-refractivity contribution in [1.29, 1.82) is 0 Å². The molecule has 0 saturated carbocycles. The molecule has 0 bridgehead atoms. The van der Waals surface area contributed by atoms with Crippen LogP contribution in [-0.4, -0.2) is 40.0 Å². The van der Waals surface area contributed by atoms with E-state index in [-0.39, 0.29) is 5.92 Å². The van der Waals surface area contributed by atoms with Gasteiger partial charge in [-0.05, 0) is 42.3 Å². The first-order chi connectivity index (χ1) is 15.0. The molecule has 1 amide bonds. The molecule has 0 saturated heterocycles. The number of H-pyrrole nitrogens is 1. The van der Waals surface area contributed by atoms with Crippen LogP contribution < -0.4 is 9.64 Å². The summed E-state index contributed by atoms with van der Waals surface area (Å²) in [6.45, 7) is 4.28. The quantitative estimate of drug-likeness (QED) is 0.477. The van der Waals surface area contributed by atoms with Gasteiger partial charge in [0.15, 0.2) is 5.82 Å². The maximum atomic E-state index is 13.1. The normalized spacial score (nSPS) is 11.0. The summed E-state index contributed by atoms with van der Waals surface area (Å²) < 4.78 is 10.8. The summed E-state index contributed by atoms with van der Waals surface area (Å²) in [5.41, 5.74) is 2.28. The predicted molar refractivity (Wildman–Crippen MR) is 118 cm³/mol. The second-order valence-corrected chi connectivity index (χ2v) is 7.42. The SMILES string of the molecule is COc1cccc(-c2nccc(N(C(=O)OCC(C)C)c3ccc4[nH]ncc4c3)n2)c1. The molecular weight excluding hydrogens is 394 g/mol. The Morgan fingerprint density at radius 3 is 2.84 bits per heavy atom. The molecule has 0 radical (unpaired) electrons. The number of anilines is 2. The number of fused-ring (bicyclic) bond motifs is 1. The zero-order valence-electron chi connectivity index (χ0n) is 17.6. The van der Waals surface area contributed by atoms with E-state index in [1.54, 1.807) is 25.6 Å². The molecule has 31 heavy (non-hydrogen) atoms. The minimum Gasteiger partial charge on any atom is -0.497 e. The molecule has 2 aromatic heterocycles.